The van der Waals surface area contributed by atoms with Crippen LogP contribution in [0.5, 0.6) is 0 Å². The van der Waals surface area contributed by atoms with Crippen molar-refractivity contribution in [1.29, 1.82) is 0 Å². The molecule has 3 nitrogen and oxygen atoms in total. The molecule has 0 aromatic carbocycles. The average molecular weight is 248 g/mol. The van der Waals surface area contributed by atoms with Crippen LogP contribution in [0.1, 0.15) is 44.9 Å². The molecule has 0 radical (unpaired) electrons. The maximum Gasteiger partial charge on any atom is 0.148 e. The highest BCUT2D eigenvalue weighted by atomic mass is 16.5. The molecule has 2 spiro atoms. The summed E-state index contributed by atoms with van der Waals surface area (Å²) in [6, 6.07) is 0. The van der Waals surface area contributed by atoms with E-state index in [2.05, 4.69) is 12.2 Å². The Morgan fingerprint density at radius 2 is 1.89 bits per heavy atom. The fourth-order valence-electron chi connectivity index (χ4n) is 4.76. The van der Waals surface area contributed by atoms with E-state index < -0.39 is 11.7 Å². The summed E-state index contributed by atoms with van der Waals surface area (Å²) in [7, 11) is 0. The van der Waals surface area contributed by atoms with Crippen molar-refractivity contribution in [3.63, 3.8) is 0 Å². The highest BCUT2D eigenvalue weighted by molar-refractivity contribution is 5.89. The number of ketones is 1. The summed E-state index contributed by atoms with van der Waals surface area (Å²) < 4.78 is 6.43. The molecular weight excluding hydrogens is 228 g/mol. The van der Waals surface area contributed by atoms with Gasteiger partial charge < -0.3 is 9.84 Å². The molecule has 0 aromatic rings. The van der Waals surface area contributed by atoms with Crippen LogP contribution < -0.4 is 0 Å². The Morgan fingerprint density at radius 1 is 1.11 bits per heavy atom. The Balaban J connectivity index is 1.81. The van der Waals surface area contributed by atoms with Gasteiger partial charge in [0.15, 0.2) is 0 Å². The van der Waals surface area contributed by atoms with Gasteiger partial charge in [-0.2, -0.15) is 0 Å². The summed E-state index contributed by atoms with van der Waals surface area (Å²) in [5.41, 5.74) is -0.786. The van der Waals surface area contributed by atoms with Gasteiger partial charge in [0.25, 0.3) is 0 Å². The first-order valence-corrected chi connectivity index (χ1v) is 7.29. The Bertz CT molecular complexity index is 429. The van der Waals surface area contributed by atoms with E-state index in [0.717, 1.165) is 44.9 Å². The van der Waals surface area contributed by atoms with Crippen molar-refractivity contribution in [3.05, 3.63) is 12.2 Å². The highest BCUT2D eigenvalue weighted by Crippen LogP contribution is 2.57. The van der Waals surface area contributed by atoms with Crippen molar-refractivity contribution in [2.75, 3.05) is 0 Å². The molecule has 4 rings (SSSR count). The molecule has 0 amide bonds. The van der Waals surface area contributed by atoms with Gasteiger partial charge in [0, 0.05) is 0 Å². The summed E-state index contributed by atoms with van der Waals surface area (Å²) in [6.07, 6.45) is 10.5. The van der Waals surface area contributed by atoms with Crippen LogP contribution in [0.2, 0.25) is 0 Å². The van der Waals surface area contributed by atoms with Crippen molar-refractivity contribution in [3.8, 4) is 0 Å². The maximum absolute atomic E-state index is 12.8. The molecule has 0 aromatic heterocycles. The van der Waals surface area contributed by atoms with Crippen molar-refractivity contribution in [1.82, 2.24) is 0 Å². The SMILES string of the molecule is O=C1[C@@H]2CCCC[C@]23C=C[C@@]2(CCC[C@@H](O)[C@H]12)O3. The molecule has 2 bridgehead atoms. The second kappa shape index (κ2) is 3.45. The van der Waals surface area contributed by atoms with Crippen LogP contribution in [-0.4, -0.2) is 28.2 Å². The largest absolute Gasteiger partial charge is 0.392 e. The lowest BCUT2D eigenvalue weighted by atomic mass is 9.63. The van der Waals surface area contributed by atoms with E-state index in [1.165, 1.54) is 0 Å². The number of ether oxygens (including phenoxy) is 1. The number of carbonyl (C=O) groups is 1. The monoisotopic (exact) mass is 248 g/mol. The minimum absolute atomic E-state index is 0.00382. The molecule has 2 aliphatic heterocycles. The summed E-state index contributed by atoms with van der Waals surface area (Å²) >= 11 is 0. The van der Waals surface area contributed by atoms with E-state index in [9.17, 15) is 9.90 Å². The molecule has 98 valence electrons. The fourth-order valence-corrected chi connectivity index (χ4v) is 4.76. The van der Waals surface area contributed by atoms with E-state index in [-0.39, 0.29) is 23.2 Å². The lowest BCUT2D eigenvalue weighted by Gasteiger charge is -2.53. The van der Waals surface area contributed by atoms with Crippen LogP contribution >= 0.6 is 0 Å². The van der Waals surface area contributed by atoms with E-state index in [0.29, 0.717) is 0 Å². The quantitative estimate of drug-likeness (QED) is 0.667. The molecule has 4 aliphatic rings. The number of Topliss-reactive ketones (excluding diaryl/α,β-unsaturated/α-hetero) is 1. The van der Waals surface area contributed by atoms with E-state index in [1.54, 1.807) is 0 Å². The Hall–Kier alpha value is -0.670. The van der Waals surface area contributed by atoms with E-state index >= 15 is 0 Å². The lowest BCUT2D eigenvalue weighted by Crippen LogP contribution is -2.63. The van der Waals surface area contributed by atoms with Gasteiger partial charge in [-0.05, 0) is 32.1 Å². The summed E-state index contributed by atoms with van der Waals surface area (Å²) in [5.74, 6) is -0.0322. The molecule has 3 fully saturated rings. The van der Waals surface area contributed by atoms with E-state index in [4.69, 9.17) is 4.74 Å². The van der Waals surface area contributed by atoms with Crippen LogP contribution in [0.15, 0.2) is 12.2 Å². The maximum atomic E-state index is 12.8. The van der Waals surface area contributed by atoms with Crippen LogP contribution in [0.4, 0.5) is 0 Å². The van der Waals surface area contributed by atoms with Gasteiger partial charge in [-0.1, -0.05) is 25.0 Å². The third-order valence-electron chi connectivity index (χ3n) is 5.56. The number of rotatable bonds is 0. The van der Waals surface area contributed by atoms with Crippen LogP contribution in [-0.2, 0) is 9.53 Å². The fraction of sp³-hybridized carbons (Fsp3) is 0.800. The van der Waals surface area contributed by atoms with Crippen LogP contribution in [0.25, 0.3) is 0 Å². The molecule has 2 aliphatic carbocycles. The minimum atomic E-state index is -0.506. The topological polar surface area (TPSA) is 46.5 Å². The van der Waals surface area contributed by atoms with Crippen molar-refractivity contribution in [2.24, 2.45) is 11.8 Å². The molecule has 1 saturated heterocycles. The van der Waals surface area contributed by atoms with Gasteiger partial charge in [-0.15, -0.1) is 0 Å². The predicted molar refractivity (Wildman–Crippen MR) is 66.0 cm³/mol. The molecule has 1 N–H and O–H groups in total. The van der Waals surface area contributed by atoms with Gasteiger partial charge in [0.2, 0.25) is 0 Å². The summed E-state index contributed by atoms with van der Waals surface area (Å²) in [4.78, 5) is 12.8. The number of hydrogen-bond acceptors (Lipinski definition) is 3. The second-order valence-corrected chi connectivity index (χ2v) is 6.48. The predicted octanol–water partition coefficient (Wildman–Crippen LogP) is 1.98. The number of aliphatic hydroxyl groups is 1. The van der Waals surface area contributed by atoms with Crippen molar-refractivity contribution < 1.29 is 14.6 Å². The van der Waals surface area contributed by atoms with Crippen molar-refractivity contribution >= 4 is 5.78 Å². The first-order valence-electron chi connectivity index (χ1n) is 7.29. The zero-order valence-electron chi connectivity index (χ0n) is 10.6. The smallest absolute Gasteiger partial charge is 0.148 e. The van der Waals surface area contributed by atoms with Gasteiger partial charge in [0.1, 0.15) is 5.78 Å². The van der Waals surface area contributed by atoms with E-state index in [1.807, 2.05) is 0 Å². The molecule has 3 heteroatoms. The second-order valence-electron chi connectivity index (χ2n) is 6.48. The number of hydrogen-bond donors (Lipinski definition) is 1. The summed E-state index contributed by atoms with van der Waals surface area (Å²) in [5, 5.41) is 10.2. The average Bonchev–Trinajstić information content (AvgIpc) is 2.64. The van der Waals surface area contributed by atoms with Gasteiger partial charge in [-0.3, -0.25) is 4.79 Å². The standard InChI is InChI=1S/C15H20O3/c16-11-5-3-7-15-9-8-14(18-15)6-2-1-4-10(14)13(17)12(11)15/h8-12,16H,1-7H2/t10-,11+,12+,14-,15+/m0/s1. The Morgan fingerprint density at radius 3 is 2.78 bits per heavy atom. The first kappa shape index (κ1) is 11.2. The zero-order chi connectivity index (χ0) is 12.4. The van der Waals surface area contributed by atoms with Gasteiger partial charge >= 0.3 is 0 Å². The number of aliphatic hydroxyl groups excluding tert-OH is 1. The molecule has 0 unspecified atom stereocenters. The molecule has 18 heavy (non-hydrogen) atoms. The normalized spacial score (nSPS) is 54.1. The third kappa shape index (κ3) is 1.19. The number of carbonyl (C=O) groups excluding carboxylic acids is 1. The minimum Gasteiger partial charge on any atom is -0.392 e. The lowest BCUT2D eigenvalue weighted by molar-refractivity contribution is -0.217. The van der Waals surface area contributed by atoms with Gasteiger partial charge in [-0.25, -0.2) is 0 Å². The molecule has 2 heterocycles. The molecule has 2 saturated carbocycles. The van der Waals surface area contributed by atoms with Crippen LogP contribution in [0.3, 0.4) is 0 Å². The summed E-state index contributed by atoms with van der Waals surface area (Å²) in [6.45, 7) is 0. The van der Waals surface area contributed by atoms with Crippen molar-refractivity contribution in [2.45, 2.75) is 62.3 Å². The zero-order valence-corrected chi connectivity index (χ0v) is 10.6. The Kier molecular flexibility index (Phi) is 2.15. The van der Waals surface area contributed by atoms with Gasteiger partial charge in [0.05, 0.1) is 29.1 Å². The Labute approximate surface area is 107 Å². The van der Waals surface area contributed by atoms with Crippen LogP contribution in [0, 0.1) is 11.8 Å². The third-order valence-corrected chi connectivity index (χ3v) is 5.56. The molecular formula is C15H20O3. The highest BCUT2D eigenvalue weighted by Gasteiger charge is 2.64. The molecule has 5 atom stereocenters. The first-order chi connectivity index (χ1) is 8.67.